The summed E-state index contributed by atoms with van der Waals surface area (Å²) in [5, 5.41) is 15.2. The Bertz CT molecular complexity index is 1330. The highest BCUT2D eigenvalue weighted by atomic mass is 16.7. The highest BCUT2D eigenvalue weighted by Gasteiger charge is 2.40. The third-order valence-corrected chi connectivity index (χ3v) is 8.61. The monoisotopic (exact) mass is 587 g/mol. The number of aliphatic hydroxyl groups is 1. The van der Waals surface area contributed by atoms with Crippen LogP contribution in [0, 0.1) is 5.92 Å². The van der Waals surface area contributed by atoms with Gasteiger partial charge in [0.25, 0.3) is 0 Å². The number of nitrogens with one attached hydrogen (secondary N) is 2. The van der Waals surface area contributed by atoms with Crippen LogP contribution in [0.4, 0.5) is 4.79 Å². The Morgan fingerprint density at radius 1 is 0.977 bits per heavy atom. The molecule has 230 valence electrons. The van der Waals surface area contributed by atoms with Crippen molar-refractivity contribution in [2.24, 2.45) is 5.92 Å². The van der Waals surface area contributed by atoms with Crippen LogP contribution >= 0.6 is 0 Å². The molecule has 8 heteroatoms. The number of carbonyl (C=O) groups excluding carboxylic acids is 1. The summed E-state index contributed by atoms with van der Waals surface area (Å²) in [6.07, 6.45) is 1.58. The summed E-state index contributed by atoms with van der Waals surface area (Å²) in [6.45, 7) is 7.76. The van der Waals surface area contributed by atoms with Crippen LogP contribution in [0.5, 0.6) is 0 Å². The Morgan fingerprint density at radius 2 is 1.74 bits per heavy atom. The Labute approximate surface area is 255 Å². The van der Waals surface area contributed by atoms with E-state index in [2.05, 4.69) is 64.9 Å². The highest BCUT2D eigenvalue weighted by molar-refractivity contribution is 5.74. The number of aliphatic hydroxyl groups excluding tert-OH is 1. The minimum Gasteiger partial charge on any atom is -0.392 e. The molecular formula is C35H45N3O5. The zero-order valence-corrected chi connectivity index (χ0v) is 25.5. The molecule has 0 aliphatic carbocycles. The Balaban J connectivity index is 1.39. The molecule has 5 unspecified atom stereocenters. The van der Waals surface area contributed by atoms with Crippen LogP contribution in [0.1, 0.15) is 61.3 Å². The van der Waals surface area contributed by atoms with Crippen LogP contribution < -0.4 is 10.6 Å². The van der Waals surface area contributed by atoms with Crippen molar-refractivity contribution in [1.29, 1.82) is 0 Å². The first kappa shape index (κ1) is 31.2. The lowest BCUT2D eigenvalue weighted by atomic mass is 9.89. The average Bonchev–Trinajstić information content (AvgIpc) is 3.48. The summed E-state index contributed by atoms with van der Waals surface area (Å²) < 4.78 is 19.0. The van der Waals surface area contributed by atoms with E-state index in [9.17, 15) is 9.90 Å². The van der Waals surface area contributed by atoms with Crippen LogP contribution in [0.15, 0.2) is 72.8 Å². The lowest BCUT2D eigenvalue weighted by Crippen LogP contribution is -2.46. The Morgan fingerprint density at radius 3 is 2.49 bits per heavy atom. The average molecular weight is 588 g/mol. The molecule has 3 N–H and O–H groups in total. The molecule has 0 radical (unpaired) electrons. The fraction of sp³-hybridized carbons (Fsp3) is 0.457. The normalized spacial score (nSPS) is 24.1. The molecular weight excluding hydrogens is 542 g/mol. The van der Waals surface area contributed by atoms with Gasteiger partial charge in [0.05, 0.1) is 25.4 Å². The quantitative estimate of drug-likeness (QED) is 0.272. The number of rotatable bonds is 11. The molecule has 0 aromatic heterocycles. The summed E-state index contributed by atoms with van der Waals surface area (Å²) in [7, 11) is 1.77. The van der Waals surface area contributed by atoms with Crippen LogP contribution in [0.3, 0.4) is 0 Å². The number of ether oxygens (including phenoxy) is 3. The van der Waals surface area contributed by atoms with Gasteiger partial charge in [0.15, 0.2) is 6.29 Å². The van der Waals surface area contributed by atoms with Crippen molar-refractivity contribution >= 4 is 6.03 Å². The summed E-state index contributed by atoms with van der Waals surface area (Å²) in [5.41, 5.74) is 6.08. The standard InChI is InChI=1S/C35H45N3O5/c1-4-36-35(40)37-20-26-8-5-9-28(18-26)29-10-6-11-30(19-29)34-42-32(21-38-17-7-12-31(38)23-41-3)24(2)33(43-34)27-15-13-25(22-39)14-16-27/h5-6,8-11,13-16,18-19,24,31-34,39H,4,7,12,17,20-23H2,1-3H3,(H2,36,37,40). The molecule has 0 bridgehead atoms. The number of amides is 2. The number of benzene rings is 3. The number of urea groups is 1. The van der Waals surface area contributed by atoms with Crippen LogP contribution in [0.2, 0.25) is 0 Å². The second-order valence-corrected chi connectivity index (χ2v) is 11.6. The van der Waals surface area contributed by atoms with E-state index in [0.29, 0.717) is 19.1 Å². The first-order valence-electron chi connectivity index (χ1n) is 15.4. The summed E-state index contributed by atoms with van der Waals surface area (Å²) in [4.78, 5) is 14.4. The molecule has 2 heterocycles. The summed E-state index contributed by atoms with van der Waals surface area (Å²) in [6, 6.07) is 24.8. The maximum Gasteiger partial charge on any atom is 0.315 e. The van der Waals surface area contributed by atoms with Gasteiger partial charge in [0, 0.05) is 44.3 Å². The number of hydrogen-bond acceptors (Lipinski definition) is 6. The van der Waals surface area contributed by atoms with Gasteiger partial charge >= 0.3 is 6.03 Å². The van der Waals surface area contributed by atoms with Gasteiger partial charge in [-0.05, 0) is 66.3 Å². The molecule has 2 fully saturated rings. The van der Waals surface area contributed by atoms with E-state index < -0.39 is 6.29 Å². The molecule has 43 heavy (non-hydrogen) atoms. The van der Waals surface area contributed by atoms with Crippen molar-refractivity contribution in [3.05, 3.63) is 95.1 Å². The van der Waals surface area contributed by atoms with Crippen LogP contribution in [-0.2, 0) is 27.4 Å². The maximum absolute atomic E-state index is 11.9. The van der Waals surface area contributed by atoms with Crippen molar-refractivity contribution in [1.82, 2.24) is 15.5 Å². The van der Waals surface area contributed by atoms with E-state index in [0.717, 1.165) is 59.5 Å². The van der Waals surface area contributed by atoms with Gasteiger partial charge < -0.3 is 30.0 Å². The predicted octanol–water partition coefficient (Wildman–Crippen LogP) is 5.57. The molecule has 2 aliphatic heterocycles. The van der Waals surface area contributed by atoms with E-state index in [1.54, 1.807) is 7.11 Å². The van der Waals surface area contributed by atoms with E-state index in [1.807, 2.05) is 37.3 Å². The zero-order valence-electron chi connectivity index (χ0n) is 25.5. The second kappa shape index (κ2) is 14.9. The van der Waals surface area contributed by atoms with Gasteiger partial charge in [0.1, 0.15) is 0 Å². The van der Waals surface area contributed by atoms with Gasteiger partial charge in [-0.25, -0.2) is 4.79 Å². The van der Waals surface area contributed by atoms with E-state index in [4.69, 9.17) is 14.2 Å². The number of carbonyl (C=O) groups is 1. The second-order valence-electron chi connectivity index (χ2n) is 11.6. The minimum atomic E-state index is -0.533. The van der Waals surface area contributed by atoms with E-state index in [-0.39, 0.29) is 30.8 Å². The first-order valence-corrected chi connectivity index (χ1v) is 15.4. The third kappa shape index (κ3) is 7.82. The largest absolute Gasteiger partial charge is 0.392 e. The van der Waals surface area contributed by atoms with Gasteiger partial charge in [0.2, 0.25) is 0 Å². The molecule has 0 spiro atoms. The van der Waals surface area contributed by atoms with Crippen molar-refractivity contribution in [3.63, 3.8) is 0 Å². The third-order valence-electron chi connectivity index (χ3n) is 8.61. The Kier molecular flexibility index (Phi) is 10.8. The van der Waals surface area contributed by atoms with Gasteiger partial charge in [-0.2, -0.15) is 0 Å². The number of nitrogens with zero attached hydrogens (tertiary/aromatic N) is 1. The zero-order chi connectivity index (χ0) is 30.2. The van der Waals surface area contributed by atoms with Crippen molar-refractivity contribution in [2.45, 2.75) is 64.4 Å². The fourth-order valence-corrected chi connectivity index (χ4v) is 6.21. The molecule has 5 rings (SSSR count). The molecule has 2 aliphatic rings. The van der Waals surface area contributed by atoms with E-state index in [1.165, 1.54) is 6.42 Å². The topological polar surface area (TPSA) is 92.3 Å². The summed E-state index contributed by atoms with van der Waals surface area (Å²) in [5.74, 6) is 0.122. The Hall–Kier alpha value is -3.27. The predicted molar refractivity (Wildman–Crippen MR) is 167 cm³/mol. The molecule has 2 saturated heterocycles. The van der Waals surface area contributed by atoms with Gasteiger partial charge in [-0.1, -0.05) is 67.6 Å². The smallest absolute Gasteiger partial charge is 0.315 e. The van der Waals surface area contributed by atoms with Gasteiger partial charge in [-0.3, -0.25) is 4.90 Å². The van der Waals surface area contributed by atoms with Crippen molar-refractivity contribution in [2.75, 3.05) is 33.4 Å². The van der Waals surface area contributed by atoms with Crippen molar-refractivity contribution in [3.8, 4) is 11.1 Å². The first-order chi connectivity index (χ1) is 21.0. The maximum atomic E-state index is 11.9. The number of methoxy groups -OCH3 is 1. The van der Waals surface area contributed by atoms with E-state index >= 15 is 0 Å². The lowest BCUT2D eigenvalue weighted by molar-refractivity contribution is -0.276. The fourth-order valence-electron chi connectivity index (χ4n) is 6.21. The molecule has 3 aromatic rings. The molecule has 0 saturated carbocycles. The van der Waals surface area contributed by atoms with Crippen LogP contribution in [-0.4, -0.2) is 61.5 Å². The SMILES string of the molecule is CCNC(=O)NCc1cccc(-c2cccc(C3OC(CN4CCCC4COC)C(C)C(c4ccc(CO)cc4)O3)c2)c1. The van der Waals surface area contributed by atoms with Gasteiger partial charge in [-0.15, -0.1) is 0 Å². The van der Waals surface area contributed by atoms with Crippen LogP contribution in [0.25, 0.3) is 11.1 Å². The number of hydrogen-bond donors (Lipinski definition) is 3. The molecule has 2 amide bonds. The highest BCUT2D eigenvalue weighted by Crippen LogP contribution is 2.43. The van der Waals surface area contributed by atoms with Crippen molar-refractivity contribution < 1.29 is 24.1 Å². The molecule has 8 nitrogen and oxygen atoms in total. The summed E-state index contributed by atoms with van der Waals surface area (Å²) >= 11 is 0. The molecule has 3 aromatic carbocycles. The lowest BCUT2D eigenvalue weighted by Gasteiger charge is -2.43. The minimum absolute atomic E-state index is 0.0154. The molecule has 5 atom stereocenters. The number of likely N-dealkylation sites (tertiary alicyclic amines) is 1.